The van der Waals surface area contributed by atoms with E-state index in [2.05, 4.69) is 18.7 Å². The molecular formula is C20H30N2O3. The van der Waals surface area contributed by atoms with Crippen molar-refractivity contribution >= 4 is 5.91 Å². The SMILES string of the molecule is COc1ccc(C(=O)N2CCCN(CC3CC3)[C@H](C(C)C)C2)c(O)c1. The van der Waals surface area contributed by atoms with Crippen LogP contribution in [0.4, 0.5) is 0 Å². The zero-order chi connectivity index (χ0) is 18.0. The molecule has 2 aliphatic rings. The Kier molecular flexibility index (Phi) is 5.52. The first-order valence-electron chi connectivity index (χ1n) is 9.40. The van der Waals surface area contributed by atoms with E-state index < -0.39 is 0 Å². The van der Waals surface area contributed by atoms with Gasteiger partial charge in [0.2, 0.25) is 0 Å². The highest BCUT2D eigenvalue weighted by Gasteiger charge is 2.33. The summed E-state index contributed by atoms with van der Waals surface area (Å²) in [6.45, 7) is 8.17. The highest BCUT2D eigenvalue weighted by molar-refractivity contribution is 5.97. The van der Waals surface area contributed by atoms with Gasteiger partial charge in [0, 0.05) is 38.3 Å². The van der Waals surface area contributed by atoms with Gasteiger partial charge >= 0.3 is 0 Å². The van der Waals surface area contributed by atoms with Gasteiger partial charge in [-0.3, -0.25) is 9.69 Å². The molecule has 0 radical (unpaired) electrons. The summed E-state index contributed by atoms with van der Waals surface area (Å²) >= 11 is 0. The van der Waals surface area contributed by atoms with Gasteiger partial charge in [-0.15, -0.1) is 0 Å². The van der Waals surface area contributed by atoms with Gasteiger partial charge in [-0.25, -0.2) is 0 Å². The van der Waals surface area contributed by atoms with Gasteiger partial charge in [-0.1, -0.05) is 13.8 Å². The third-order valence-electron chi connectivity index (χ3n) is 5.43. The standard InChI is InChI=1S/C20H30N2O3/c1-14(2)18-13-22(10-4-9-21(18)12-15-5-6-15)20(24)17-8-7-16(25-3)11-19(17)23/h7-8,11,14-15,18,23H,4-6,9-10,12-13H2,1-3H3/t18-/m0/s1. The second-order valence-corrected chi connectivity index (χ2v) is 7.74. The maximum atomic E-state index is 13.0. The number of benzene rings is 1. The number of amides is 1. The number of rotatable bonds is 5. The van der Waals surface area contributed by atoms with Crippen molar-refractivity contribution in [1.29, 1.82) is 0 Å². The Morgan fingerprint density at radius 1 is 1.32 bits per heavy atom. The van der Waals surface area contributed by atoms with Crippen molar-refractivity contribution in [3.63, 3.8) is 0 Å². The van der Waals surface area contributed by atoms with E-state index >= 15 is 0 Å². The number of phenolic OH excluding ortho intramolecular Hbond substituents is 1. The first-order chi connectivity index (χ1) is 12.0. The van der Waals surface area contributed by atoms with Crippen molar-refractivity contribution in [1.82, 2.24) is 9.80 Å². The first kappa shape index (κ1) is 18.1. The van der Waals surface area contributed by atoms with E-state index in [-0.39, 0.29) is 11.7 Å². The third-order valence-corrected chi connectivity index (χ3v) is 5.43. The molecule has 0 spiro atoms. The molecule has 0 bridgehead atoms. The fraction of sp³-hybridized carbons (Fsp3) is 0.650. The Morgan fingerprint density at radius 2 is 2.08 bits per heavy atom. The number of methoxy groups -OCH3 is 1. The van der Waals surface area contributed by atoms with Crippen LogP contribution in [0.25, 0.3) is 0 Å². The lowest BCUT2D eigenvalue weighted by Gasteiger charge is -2.34. The molecule has 1 aromatic rings. The lowest BCUT2D eigenvalue weighted by molar-refractivity contribution is 0.0701. The maximum absolute atomic E-state index is 13.0. The van der Waals surface area contributed by atoms with Crippen LogP contribution in [0.15, 0.2) is 18.2 Å². The molecule has 1 N–H and O–H groups in total. The lowest BCUT2D eigenvalue weighted by Crippen LogP contribution is -2.46. The van der Waals surface area contributed by atoms with Crippen molar-refractivity contribution in [2.75, 3.05) is 33.3 Å². The highest BCUT2D eigenvalue weighted by Crippen LogP contribution is 2.32. The Bertz CT molecular complexity index is 613. The molecule has 0 aromatic heterocycles. The molecule has 3 rings (SSSR count). The quantitative estimate of drug-likeness (QED) is 0.890. The number of carbonyl (C=O) groups excluding carboxylic acids is 1. The molecule has 1 aromatic carbocycles. The minimum atomic E-state index is -0.0842. The molecule has 138 valence electrons. The van der Waals surface area contributed by atoms with Crippen LogP contribution in [0, 0.1) is 11.8 Å². The van der Waals surface area contributed by atoms with Crippen LogP contribution in [0.3, 0.4) is 0 Å². The minimum absolute atomic E-state index is 0.00969. The smallest absolute Gasteiger partial charge is 0.257 e. The van der Waals surface area contributed by atoms with Crippen LogP contribution in [-0.4, -0.2) is 60.1 Å². The summed E-state index contributed by atoms with van der Waals surface area (Å²) in [5.74, 6) is 1.81. The van der Waals surface area contributed by atoms with Crippen LogP contribution in [-0.2, 0) is 0 Å². The summed E-state index contributed by atoms with van der Waals surface area (Å²) in [4.78, 5) is 17.5. The second kappa shape index (κ2) is 7.65. The molecule has 1 saturated heterocycles. The average Bonchev–Trinajstić information content (AvgIpc) is 3.41. The van der Waals surface area contributed by atoms with Gasteiger partial charge in [0.25, 0.3) is 5.91 Å². The summed E-state index contributed by atoms with van der Waals surface area (Å²) in [5.41, 5.74) is 0.360. The molecule has 25 heavy (non-hydrogen) atoms. The summed E-state index contributed by atoms with van der Waals surface area (Å²) in [6, 6.07) is 5.27. The van der Waals surface area contributed by atoms with Crippen molar-refractivity contribution in [3.05, 3.63) is 23.8 Å². The molecule has 5 heteroatoms. The van der Waals surface area contributed by atoms with Gasteiger partial charge in [-0.05, 0) is 43.2 Å². The van der Waals surface area contributed by atoms with Crippen LogP contribution in [0.2, 0.25) is 0 Å². The lowest BCUT2D eigenvalue weighted by atomic mass is 10.0. The largest absolute Gasteiger partial charge is 0.507 e. The molecule has 1 aliphatic heterocycles. The second-order valence-electron chi connectivity index (χ2n) is 7.74. The van der Waals surface area contributed by atoms with Gasteiger partial charge < -0.3 is 14.7 Å². The molecular weight excluding hydrogens is 316 g/mol. The van der Waals surface area contributed by atoms with Gasteiger partial charge in [0.05, 0.1) is 12.7 Å². The Balaban J connectivity index is 1.75. The molecule has 2 fully saturated rings. The van der Waals surface area contributed by atoms with Crippen LogP contribution >= 0.6 is 0 Å². The molecule has 0 unspecified atom stereocenters. The molecule has 1 aliphatic carbocycles. The van der Waals surface area contributed by atoms with E-state index in [4.69, 9.17) is 4.74 Å². The van der Waals surface area contributed by atoms with Gasteiger partial charge in [0.15, 0.2) is 0 Å². The van der Waals surface area contributed by atoms with Crippen molar-refractivity contribution in [2.24, 2.45) is 11.8 Å². The van der Waals surface area contributed by atoms with Gasteiger partial charge in [-0.2, -0.15) is 0 Å². The molecule has 1 saturated carbocycles. The number of phenols is 1. The normalized spacial score (nSPS) is 22.1. The Morgan fingerprint density at radius 3 is 2.68 bits per heavy atom. The van der Waals surface area contributed by atoms with Crippen molar-refractivity contribution in [3.8, 4) is 11.5 Å². The topological polar surface area (TPSA) is 53.0 Å². The zero-order valence-electron chi connectivity index (χ0n) is 15.6. The summed E-state index contributed by atoms with van der Waals surface area (Å²) in [6.07, 6.45) is 3.69. The van der Waals surface area contributed by atoms with E-state index in [0.717, 1.165) is 32.0 Å². The number of carbonyl (C=O) groups is 1. The molecule has 1 heterocycles. The summed E-state index contributed by atoms with van der Waals surface area (Å²) in [5, 5.41) is 10.2. The number of nitrogens with zero attached hydrogens (tertiary/aromatic N) is 2. The first-order valence-corrected chi connectivity index (χ1v) is 9.40. The third kappa shape index (κ3) is 4.27. The Hall–Kier alpha value is -1.75. The fourth-order valence-electron chi connectivity index (χ4n) is 3.73. The predicted octanol–water partition coefficient (Wildman–Crippen LogP) is 2.98. The van der Waals surface area contributed by atoms with Crippen molar-refractivity contribution in [2.45, 2.75) is 39.2 Å². The average molecular weight is 346 g/mol. The minimum Gasteiger partial charge on any atom is -0.507 e. The van der Waals surface area contributed by atoms with Crippen LogP contribution in [0.1, 0.15) is 43.5 Å². The van der Waals surface area contributed by atoms with Gasteiger partial charge in [0.1, 0.15) is 11.5 Å². The number of ether oxygens (including phenoxy) is 1. The molecule has 1 atom stereocenters. The predicted molar refractivity (Wildman–Crippen MR) is 98.1 cm³/mol. The summed E-state index contributed by atoms with van der Waals surface area (Å²) < 4.78 is 5.11. The number of hydrogen-bond donors (Lipinski definition) is 1. The number of aromatic hydroxyl groups is 1. The van der Waals surface area contributed by atoms with E-state index in [1.165, 1.54) is 25.5 Å². The maximum Gasteiger partial charge on any atom is 0.257 e. The van der Waals surface area contributed by atoms with E-state index in [1.807, 2.05) is 4.90 Å². The monoisotopic (exact) mass is 346 g/mol. The Labute approximate surface area is 150 Å². The van der Waals surface area contributed by atoms with E-state index in [0.29, 0.717) is 23.3 Å². The summed E-state index contributed by atoms with van der Waals surface area (Å²) in [7, 11) is 1.55. The van der Waals surface area contributed by atoms with Crippen LogP contribution in [0.5, 0.6) is 11.5 Å². The zero-order valence-corrected chi connectivity index (χ0v) is 15.6. The fourth-order valence-corrected chi connectivity index (χ4v) is 3.73. The number of hydrogen-bond acceptors (Lipinski definition) is 4. The molecule has 5 nitrogen and oxygen atoms in total. The van der Waals surface area contributed by atoms with E-state index in [1.54, 1.807) is 19.2 Å². The molecule has 1 amide bonds. The van der Waals surface area contributed by atoms with Crippen molar-refractivity contribution < 1.29 is 14.6 Å². The highest BCUT2D eigenvalue weighted by atomic mass is 16.5. The van der Waals surface area contributed by atoms with E-state index in [9.17, 15) is 9.90 Å². The van der Waals surface area contributed by atoms with Crippen LogP contribution < -0.4 is 4.74 Å².